The predicted molar refractivity (Wildman–Crippen MR) is 80.8 cm³/mol. The lowest BCUT2D eigenvalue weighted by Gasteiger charge is -2.11. The van der Waals surface area contributed by atoms with E-state index in [-0.39, 0.29) is 11.6 Å². The van der Waals surface area contributed by atoms with Crippen LogP contribution >= 0.6 is 0 Å². The molecule has 0 aliphatic carbocycles. The van der Waals surface area contributed by atoms with Crippen molar-refractivity contribution in [2.45, 2.75) is 26.4 Å². The Morgan fingerprint density at radius 1 is 1.24 bits per heavy atom. The van der Waals surface area contributed by atoms with Crippen LogP contribution in [0.25, 0.3) is 16.7 Å². The zero-order valence-corrected chi connectivity index (χ0v) is 12.0. The third-order valence-electron chi connectivity index (χ3n) is 3.33. The number of halogens is 1. The van der Waals surface area contributed by atoms with E-state index < -0.39 is 0 Å². The van der Waals surface area contributed by atoms with Crippen molar-refractivity contribution in [1.82, 2.24) is 20.1 Å². The summed E-state index contributed by atoms with van der Waals surface area (Å²) in [5, 5.41) is 8.43. The topological polar surface area (TPSA) is 42.7 Å². The van der Waals surface area contributed by atoms with Gasteiger partial charge in [-0.2, -0.15) is 5.10 Å². The van der Waals surface area contributed by atoms with Crippen molar-refractivity contribution in [1.29, 1.82) is 0 Å². The van der Waals surface area contributed by atoms with E-state index in [9.17, 15) is 4.39 Å². The van der Waals surface area contributed by atoms with Gasteiger partial charge in [0, 0.05) is 29.7 Å². The van der Waals surface area contributed by atoms with Gasteiger partial charge < -0.3 is 5.32 Å². The normalized spacial score (nSPS) is 11.4. The zero-order valence-electron chi connectivity index (χ0n) is 12.0. The molecule has 21 heavy (non-hydrogen) atoms. The molecular weight excluding hydrogens is 267 g/mol. The number of pyridine rings is 1. The maximum atomic E-state index is 14.7. The molecule has 0 aliphatic rings. The molecule has 108 valence electrons. The average Bonchev–Trinajstić information content (AvgIpc) is 2.90. The van der Waals surface area contributed by atoms with E-state index in [1.807, 2.05) is 38.1 Å². The molecule has 0 saturated carbocycles. The fourth-order valence-electron chi connectivity index (χ4n) is 2.21. The molecule has 3 aromatic rings. The van der Waals surface area contributed by atoms with Gasteiger partial charge in [0.1, 0.15) is 0 Å². The molecule has 0 bridgehead atoms. The Hall–Kier alpha value is -2.27. The molecule has 0 saturated heterocycles. The highest BCUT2D eigenvalue weighted by atomic mass is 19.1. The van der Waals surface area contributed by atoms with E-state index in [4.69, 9.17) is 0 Å². The highest BCUT2D eigenvalue weighted by molar-refractivity contribution is 5.79. The Balaban J connectivity index is 2.04. The molecule has 2 heterocycles. The number of nitrogens with zero attached hydrogens (tertiary/aromatic N) is 3. The molecule has 1 N–H and O–H groups in total. The van der Waals surface area contributed by atoms with Crippen LogP contribution in [0, 0.1) is 5.82 Å². The first-order valence-corrected chi connectivity index (χ1v) is 6.96. The molecule has 5 heteroatoms. The Bertz CT molecular complexity index is 764. The molecule has 0 aliphatic heterocycles. The summed E-state index contributed by atoms with van der Waals surface area (Å²) >= 11 is 0. The lowest BCUT2D eigenvalue weighted by Crippen LogP contribution is -2.23. The van der Waals surface area contributed by atoms with Crippen LogP contribution in [0.5, 0.6) is 0 Å². The quantitative estimate of drug-likeness (QED) is 0.800. The highest BCUT2D eigenvalue weighted by Gasteiger charge is 2.14. The Labute approximate surface area is 122 Å². The Morgan fingerprint density at radius 2 is 2.05 bits per heavy atom. The van der Waals surface area contributed by atoms with E-state index in [1.165, 1.54) is 0 Å². The third kappa shape index (κ3) is 2.64. The van der Waals surface area contributed by atoms with Crippen molar-refractivity contribution in [3.8, 4) is 5.82 Å². The van der Waals surface area contributed by atoms with Gasteiger partial charge in [0.25, 0.3) is 0 Å². The maximum Gasteiger partial charge on any atom is 0.190 e. The average molecular weight is 284 g/mol. The molecule has 0 atom stereocenters. The summed E-state index contributed by atoms with van der Waals surface area (Å²) in [6.45, 7) is 4.53. The SMILES string of the molecule is CC(C)NCc1ccnc(-n2ncc3ccccc32)c1F. The number of hydrogen-bond acceptors (Lipinski definition) is 3. The summed E-state index contributed by atoms with van der Waals surface area (Å²) in [5.74, 6) is -0.0984. The molecule has 0 spiro atoms. The summed E-state index contributed by atoms with van der Waals surface area (Å²) in [5.41, 5.74) is 1.44. The van der Waals surface area contributed by atoms with Crippen molar-refractivity contribution < 1.29 is 4.39 Å². The molecule has 2 aromatic heterocycles. The van der Waals surface area contributed by atoms with Gasteiger partial charge in [0.15, 0.2) is 11.6 Å². The minimum absolute atomic E-state index is 0.235. The fraction of sp³-hybridized carbons (Fsp3) is 0.250. The molecular formula is C16H17FN4. The molecule has 1 aromatic carbocycles. The molecule has 0 fully saturated rings. The second kappa shape index (κ2) is 5.61. The largest absolute Gasteiger partial charge is 0.310 e. The van der Waals surface area contributed by atoms with Crippen LogP contribution in [0.2, 0.25) is 0 Å². The molecule has 4 nitrogen and oxygen atoms in total. The summed E-state index contributed by atoms with van der Waals surface area (Å²) < 4.78 is 16.2. The van der Waals surface area contributed by atoms with Crippen LogP contribution in [0.4, 0.5) is 4.39 Å². The van der Waals surface area contributed by atoms with Gasteiger partial charge >= 0.3 is 0 Å². The first-order valence-electron chi connectivity index (χ1n) is 6.96. The maximum absolute atomic E-state index is 14.7. The van der Waals surface area contributed by atoms with Gasteiger partial charge in [-0.05, 0) is 12.1 Å². The summed E-state index contributed by atoms with van der Waals surface area (Å²) in [7, 11) is 0. The van der Waals surface area contributed by atoms with E-state index >= 15 is 0 Å². The zero-order chi connectivity index (χ0) is 14.8. The third-order valence-corrected chi connectivity index (χ3v) is 3.33. The summed E-state index contributed by atoms with van der Waals surface area (Å²) in [6, 6.07) is 9.68. The predicted octanol–water partition coefficient (Wildman–Crippen LogP) is 3.06. The first kappa shape index (κ1) is 13.7. The van der Waals surface area contributed by atoms with Crippen LogP contribution in [0.15, 0.2) is 42.7 Å². The van der Waals surface area contributed by atoms with E-state index in [2.05, 4.69) is 15.4 Å². The Kier molecular flexibility index (Phi) is 3.66. The van der Waals surface area contributed by atoms with Gasteiger partial charge in [-0.25, -0.2) is 14.1 Å². The van der Waals surface area contributed by atoms with Gasteiger partial charge in [-0.3, -0.25) is 0 Å². The van der Waals surface area contributed by atoms with Crippen LogP contribution < -0.4 is 5.32 Å². The second-order valence-electron chi connectivity index (χ2n) is 5.26. The van der Waals surface area contributed by atoms with Gasteiger partial charge in [0.2, 0.25) is 0 Å². The lowest BCUT2D eigenvalue weighted by molar-refractivity contribution is 0.543. The van der Waals surface area contributed by atoms with Crippen LogP contribution in [-0.2, 0) is 6.54 Å². The standard InChI is InChI=1S/C16H17FN4/c1-11(2)19-9-13-7-8-18-16(15(13)17)21-14-6-4-3-5-12(14)10-20-21/h3-8,10-11,19H,9H2,1-2H3. The van der Waals surface area contributed by atoms with Gasteiger partial charge in [-0.1, -0.05) is 32.0 Å². The number of rotatable bonds is 4. The van der Waals surface area contributed by atoms with Crippen molar-refractivity contribution in [2.75, 3.05) is 0 Å². The number of para-hydroxylation sites is 1. The summed E-state index contributed by atoms with van der Waals surface area (Å²) in [4.78, 5) is 4.16. The monoisotopic (exact) mass is 284 g/mol. The van der Waals surface area contributed by atoms with E-state index in [0.29, 0.717) is 18.2 Å². The van der Waals surface area contributed by atoms with Crippen molar-refractivity contribution in [3.63, 3.8) is 0 Å². The van der Waals surface area contributed by atoms with Crippen LogP contribution in [0.3, 0.4) is 0 Å². The number of fused-ring (bicyclic) bond motifs is 1. The molecule has 0 unspecified atom stereocenters. The number of benzene rings is 1. The first-order chi connectivity index (χ1) is 10.2. The molecule has 0 radical (unpaired) electrons. The lowest BCUT2D eigenvalue weighted by atomic mass is 10.2. The van der Waals surface area contributed by atoms with Crippen molar-refractivity contribution >= 4 is 10.9 Å². The minimum Gasteiger partial charge on any atom is -0.310 e. The minimum atomic E-state index is -0.334. The van der Waals surface area contributed by atoms with Crippen molar-refractivity contribution in [3.05, 3.63) is 54.1 Å². The second-order valence-corrected chi connectivity index (χ2v) is 5.26. The van der Waals surface area contributed by atoms with Crippen LogP contribution in [-0.4, -0.2) is 20.8 Å². The van der Waals surface area contributed by atoms with E-state index in [0.717, 1.165) is 10.9 Å². The summed E-state index contributed by atoms with van der Waals surface area (Å²) in [6.07, 6.45) is 3.34. The highest BCUT2D eigenvalue weighted by Crippen LogP contribution is 2.20. The Morgan fingerprint density at radius 3 is 2.86 bits per heavy atom. The van der Waals surface area contributed by atoms with Crippen molar-refractivity contribution in [2.24, 2.45) is 0 Å². The number of nitrogens with one attached hydrogen (secondary N) is 1. The fourth-order valence-corrected chi connectivity index (χ4v) is 2.21. The number of hydrogen-bond donors (Lipinski definition) is 1. The molecule has 0 amide bonds. The smallest absolute Gasteiger partial charge is 0.190 e. The molecule has 3 rings (SSSR count). The van der Waals surface area contributed by atoms with Crippen LogP contribution in [0.1, 0.15) is 19.4 Å². The van der Waals surface area contributed by atoms with Gasteiger partial charge in [0.05, 0.1) is 11.7 Å². The van der Waals surface area contributed by atoms with E-state index in [1.54, 1.807) is 23.1 Å². The van der Waals surface area contributed by atoms with Gasteiger partial charge in [-0.15, -0.1) is 0 Å². The number of aromatic nitrogens is 3.